The topological polar surface area (TPSA) is 92.8 Å². The summed E-state index contributed by atoms with van der Waals surface area (Å²) in [5.41, 5.74) is 0. The van der Waals surface area contributed by atoms with Gasteiger partial charge in [0.15, 0.2) is 0 Å². The number of hydrogen-bond acceptors (Lipinski definition) is 5. The van der Waals surface area contributed by atoms with Gasteiger partial charge in [-0.3, -0.25) is 0 Å². The SMILES string of the molecule is COc1ccc(S(=O)(=O)N2CCC(NS(=O)(=O)c3ccccc3)CC2)cc1. The standard InChI is InChI=1S/C18H22N2O5S2/c1-25-16-7-9-18(10-8-16)27(23,24)20-13-11-15(12-14-20)19-26(21,22)17-5-3-2-4-6-17/h2-10,15,19H,11-14H2,1H3. The van der Waals surface area contributed by atoms with Crippen LogP contribution in [0.4, 0.5) is 0 Å². The second-order valence-electron chi connectivity index (χ2n) is 6.29. The Balaban J connectivity index is 1.64. The van der Waals surface area contributed by atoms with Crippen molar-refractivity contribution in [3.63, 3.8) is 0 Å². The quantitative estimate of drug-likeness (QED) is 0.784. The van der Waals surface area contributed by atoms with E-state index in [9.17, 15) is 16.8 Å². The Hall–Kier alpha value is -1.94. The monoisotopic (exact) mass is 410 g/mol. The van der Waals surface area contributed by atoms with Gasteiger partial charge in [0.1, 0.15) is 5.75 Å². The lowest BCUT2D eigenvalue weighted by molar-refractivity contribution is 0.308. The van der Waals surface area contributed by atoms with Crippen molar-refractivity contribution in [2.75, 3.05) is 20.2 Å². The smallest absolute Gasteiger partial charge is 0.243 e. The molecule has 0 saturated carbocycles. The maximum atomic E-state index is 12.7. The van der Waals surface area contributed by atoms with Crippen LogP contribution < -0.4 is 9.46 Å². The molecule has 0 radical (unpaired) electrons. The minimum Gasteiger partial charge on any atom is -0.497 e. The van der Waals surface area contributed by atoms with Crippen molar-refractivity contribution in [3.05, 3.63) is 54.6 Å². The molecule has 1 heterocycles. The van der Waals surface area contributed by atoms with E-state index in [1.165, 1.54) is 35.7 Å². The molecule has 0 atom stereocenters. The number of benzene rings is 2. The highest BCUT2D eigenvalue weighted by Crippen LogP contribution is 2.23. The summed E-state index contributed by atoms with van der Waals surface area (Å²) in [6.07, 6.45) is 0.836. The molecule has 1 aliphatic heterocycles. The Bertz CT molecular complexity index is 966. The first kappa shape index (κ1) is 19.8. The van der Waals surface area contributed by atoms with Gasteiger partial charge in [-0.05, 0) is 49.2 Å². The summed E-state index contributed by atoms with van der Waals surface area (Å²) in [5.74, 6) is 0.586. The fraction of sp³-hybridized carbons (Fsp3) is 0.333. The van der Waals surface area contributed by atoms with Gasteiger partial charge in [-0.2, -0.15) is 4.31 Å². The summed E-state index contributed by atoms with van der Waals surface area (Å²) in [4.78, 5) is 0.407. The fourth-order valence-corrected chi connectivity index (χ4v) is 5.79. The second-order valence-corrected chi connectivity index (χ2v) is 9.94. The van der Waals surface area contributed by atoms with E-state index in [0.29, 0.717) is 18.6 Å². The molecule has 1 N–H and O–H groups in total. The van der Waals surface area contributed by atoms with Crippen LogP contribution in [-0.2, 0) is 20.0 Å². The maximum absolute atomic E-state index is 12.7. The van der Waals surface area contributed by atoms with Gasteiger partial charge in [0, 0.05) is 19.1 Å². The summed E-state index contributed by atoms with van der Waals surface area (Å²) in [6.45, 7) is 0.521. The van der Waals surface area contributed by atoms with Gasteiger partial charge in [-0.1, -0.05) is 18.2 Å². The molecule has 2 aromatic carbocycles. The lowest BCUT2D eigenvalue weighted by Crippen LogP contribution is -2.46. The molecule has 3 rings (SSSR count). The van der Waals surface area contributed by atoms with Crippen molar-refractivity contribution in [1.82, 2.24) is 9.03 Å². The fourth-order valence-electron chi connectivity index (χ4n) is 3.00. The summed E-state index contributed by atoms with van der Waals surface area (Å²) < 4.78 is 59.4. The minimum absolute atomic E-state index is 0.201. The first-order valence-electron chi connectivity index (χ1n) is 8.54. The van der Waals surface area contributed by atoms with Crippen molar-refractivity contribution in [3.8, 4) is 5.75 Å². The average molecular weight is 411 g/mol. The lowest BCUT2D eigenvalue weighted by atomic mass is 10.1. The van der Waals surface area contributed by atoms with Crippen LogP contribution in [0, 0.1) is 0 Å². The number of nitrogens with one attached hydrogen (secondary N) is 1. The number of ether oxygens (including phenoxy) is 1. The van der Waals surface area contributed by atoms with E-state index in [1.54, 1.807) is 30.3 Å². The zero-order valence-corrected chi connectivity index (χ0v) is 16.5. The molecule has 0 bridgehead atoms. The molecule has 1 fully saturated rings. The summed E-state index contributed by atoms with van der Waals surface area (Å²) >= 11 is 0. The number of nitrogens with zero attached hydrogens (tertiary/aromatic N) is 1. The zero-order valence-electron chi connectivity index (χ0n) is 14.9. The van der Waals surface area contributed by atoms with Gasteiger partial charge in [0.2, 0.25) is 20.0 Å². The zero-order chi connectivity index (χ0) is 19.5. The molecule has 0 unspecified atom stereocenters. The highest BCUT2D eigenvalue weighted by molar-refractivity contribution is 7.89. The molecule has 1 aliphatic rings. The van der Waals surface area contributed by atoms with Crippen molar-refractivity contribution >= 4 is 20.0 Å². The first-order chi connectivity index (χ1) is 12.8. The third-order valence-electron chi connectivity index (χ3n) is 4.53. The predicted molar refractivity (Wildman–Crippen MR) is 102 cm³/mol. The van der Waals surface area contributed by atoms with E-state index in [-0.39, 0.29) is 28.9 Å². The van der Waals surface area contributed by atoms with Gasteiger partial charge in [0.25, 0.3) is 0 Å². The third kappa shape index (κ3) is 4.49. The lowest BCUT2D eigenvalue weighted by Gasteiger charge is -2.31. The van der Waals surface area contributed by atoms with Crippen molar-refractivity contribution < 1.29 is 21.6 Å². The molecule has 27 heavy (non-hydrogen) atoms. The summed E-state index contributed by atoms with van der Waals surface area (Å²) in [7, 11) is -5.69. The van der Waals surface area contributed by atoms with Gasteiger partial charge in [-0.15, -0.1) is 0 Å². The van der Waals surface area contributed by atoms with Crippen LogP contribution >= 0.6 is 0 Å². The molecule has 2 aromatic rings. The third-order valence-corrected chi connectivity index (χ3v) is 7.98. The van der Waals surface area contributed by atoms with Gasteiger partial charge >= 0.3 is 0 Å². The molecule has 0 spiro atoms. The Morgan fingerprint density at radius 1 is 0.889 bits per heavy atom. The number of rotatable bonds is 6. The van der Waals surface area contributed by atoms with Crippen LogP contribution in [0.3, 0.4) is 0 Å². The van der Waals surface area contributed by atoms with E-state index in [2.05, 4.69) is 4.72 Å². The second kappa shape index (κ2) is 7.97. The number of sulfonamides is 2. The van der Waals surface area contributed by atoms with E-state index >= 15 is 0 Å². The van der Waals surface area contributed by atoms with Crippen LogP contribution in [0.25, 0.3) is 0 Å². The van der Waals surface area contributed by atoms with E-state index in [0.717, 1.165) is 0 Å². The largest absolute Gasteiger partial charge is 0.497 e. The van der Waals surface area contributed by atoms with E-state index in [1.807, 2.05) is 0 Å². The molecular weight excluding hydrogens is 388 g/mol. The maximum Gasteiger partial charge on any atom is 0.243 e. The Morgan fingerprint density at radius 3 is 2.04 bits per heavy atom. The molecule has 1 saturated heterocycles. The van der Waals surface area contributed by atoms with Crippen LogP contribution in [0.15, 0.2) is 64.4 Å². The molecule has 7 nitrogen and oxygen atoms in total. The molecule has 0 aliphatic carbocycles. The highest BCUT2D eigenvalue weighted by atomic mass is 32.2. The Morgan fingerprint density at radius 2 is 1.48 bits per heavy atom. The normalized spacial score (nSPS) is 16.9. The van der Waals surface area contributed by atoms with Crippen LogP contribution in [0.2, 0.25) is 0 Å². The summed E-state index contributed by atoms with van der Waals surface area (Å²) in [5, 5.41) is 0. The van der Waals surface area contributed by atoms with Crippen LogP contribution in [0.5, 0.6) is 5.75 Å². The predicted octanol–water partition coefficient (Wildman–Crippen LogP) is 1.83. The van der Waals surface area contributed by atoms with Crippen LogP contribution in [0.1, 0.15) is 12.8 Å². The molecular formula is C18H22N2O5S2. The minimum atomic E-state index is -3.61. The van der Waals surface area contributed by atoms with Gasteiger partial charge in [-0.25, -0.2) is 21.6 Å². The molecule has 146 valence electrons. The van der Waals surface area contributed by atoms with E-state index in [4.69, 9.17) is 4.74 Å². The Labute approximate surface area is 160 Å². The van der Waals surface area contributed by atoms with Gasteiger partial charge < -0.3 is 4.74 Å². The van der Waals surface area contributed by atoms with Crippen molar-refractivity contribution in [2.24, 2.45) is 0 Å². The molecule has 0 aromatic heterocycles. The number of methoxy groups -OCH3 is 1. The van der Waals surface area contributed by atoms with Crippen molar-refractivity contribution in [2.45, 2.75) is 28.7 Å². The van der Waals surface area contributed by atoms with Crippen LogP contribution in [-0.4, -0.2) is 47.4 Å². The Kier molecular flexibility index (Phi) is 5.85. The highest BCUT2D eigenvalue weighted by Gasteiger charge is 2.31. The van der Waals surface area contributed by atoms with Gasteiger partial charge in [0.05, 0.1) is 16.9 Å². The summed E-state index contributed by atoms with van der Waals surface area (Å²) in [6, 6.07) is 14.1. The number of piperidine rings is 1. The molecule has 0 amide bonds. The molecule has 9 heteroatoms. The average Bonchev–Trinajstić information content (AvgIpc) is 2.69. The number of hydrogen-bond donors (Lipinski definition) is 1. The first-order valence-corrected chi connectivity index (χ1v) is 11.5. The van der Waals surface area contributed by atoms with Crippen molar-refractivity contribution in [1.29, 1.82) is 0 Å². The van der Waals surface area contributed by atoms with E-state index < -0.39 is 20.0 Å².